The second-order valence-electron chi connectivity index (χ2n) is 6.01. The molecule has 8 heteroatoms. The molecule has 0 N–H and O–H groups in total. The highest BCUT2D eigenvalue weighted by Gasteiger charge is 2.45. The van der Waals surface area contributed by atoms with E-state index in [9.17, 15) is 27.6 Å². The third-order valence-electron chi connectivity index (χ3n) is 4.50. The van der Waals surface area contributed by atoms with E-state index in [1.165, 1.54) is 18.2 Å². The number of alkyl halides is 3. The maximum absolute atomic E-state index is 12.7. The number of hydrogen-bond donors (Lipinski definition) is 0. The average Bonchev–Trinajstić information content (AvgIpc) is 3.13. The molecule has 0 aliphatic carbocycles. The van der Waals surface area contributed by atoms with Gasteiger partial charge in [-0.1, -0.05) is 12.1 Å². The van der Waals surface area contributed by atoms with Crippen molar-refractivity contribution in [2.45, 2.75) is 12.6 Å². The Morgan fingerprint density at radius 2 is 1.58 bits per heavy atom. The van der Waals surface area contributed by atoms with Crippen LogP contribution in [0.2, 0.25) is 0 Å². The molecular weight excluding hydrogens is 349 g/mol. The predicted molar refractivity (Wildman–Crippen MR) is 86.1 cm³/mol. The van der Waals surface area contributed by atoms with Gasteiger partial charge in [0.25, 0.3) is 11.8 Å². The first-order valence-corrected chi connectivity index (χ1v) is 7.78. The maximum atomic E-state index is 12.7. The number of amides is 3. The van der Waals surface area contributed by atoms with E-state index in [-0.39, 0.29) is 35.5 Å². The average molecular weight is 360 g/mol. The Morgan fingerprint density at radius 3 is 2.15 bits per heavy atom. The van der Waals surface area contributed by atoms with E-state index >= 15 is 0 Å². The van der Waals surface area contributed by atoms with Crippen LogP contribution in [-0.4, -0.2) is 30.4 Å². The largest absolute Gasteiger partial charge is 0.471 e. The minimum atomic E-state index is -4.96. The summed E-state index contributed by atoms with van der Waals surface area (Å²) < 4.78 is 38.1. The lowest BCUT2D eigenvalue weighted by Gasteiger charge is -2.20. The SMILES string of the molecule is O=C1c2ccccc2C(=O)N1c1ccc2c(c1)CCN2C(=O)C(F)(F)F. The molecule has 3 amide bonds. The maximum Gasteiger partial charge on any atom is 0.471 e. The lowest BCUT2D eigenvalue weighted by Crippen LogP contribution is -2.40. The molecule has 0 saturated heterocycles. The van der Waals surface area contributed by atoms with Crippen LogP contribution in [0, 0.1) is 0 Å². The van der Waals surface area contributed by atoms with Crippen LogP contribution in [-0.2, 0) is 11.2 Å². The van der Waals surface area contributed by atoms with Crippen molar-refractivity contribution in [1.82, 2.24) is 0 Å². The van der Waals surface area contributed by atoms with Crippen molar-refractivity contribution >= 4 is 29.1 Å². The summed E-state index contributed by atoms with van der Waals surface area (Å²) in [5.41, 5.74) is 1.47. The highest BCUT2D eigenvalue weighted by Crippen LogP contribution is 2.36. The van der Waals surface area contributed by atoms with Crippen LogP contribution in [0.4, 0.5) is 24.5 Å². The number of rotatable bonds is 1. The van der Waals surface area contributed by atoms with Crippen LogP contribution in [0.25, 0.3) is 0 Å². The Hall–Kier alpha value is -3.16. The van der Waals surface area contributed by atoms with Crippen LogP contribution >= 0.6 is 0 Å². The van der Waals surface area contributed by atoms with E-state index < -0.39 is 23.9 Å². The summed E-state index contributed by atoms with van der Waals surface area (Å²) >= 11 is 0. The standard InChI is InChI=1S/C18H11F3N2O3/c19-18(20,21)17(26)22-8-7-10-9-11(5-6-14(10)22)23-15(24)12-3-1-2-4-13(12)16(23)25/h1-6,9H,7-8H2. The van der Waals surface area contributed by atoms with Gasteiger partial charge in [0.15, 0.2) is 0 Å². The summed E-state index contributed by atoms with van der Waals surface area (Å²) in [5, 5.41) is 0. The van der Waals surface area contributed by atoms with Gasteiger partial charge in [-0.2, -0.15) is 13.2 Å². The fraction of sp³-hybridized carbons (Fsp3) is 0.167. The summed E-state index contributed by atoms with van der Waals surface area (Å²) in [6, 6.07) is 10.6. The Labute approximate surface area is 145 Å². The minimum Gasteiger partial charge on any atom is -0.304 e. The van der Waals surface area contributed by atoms with Gasteiger partial charge in [0.1, 0.15) is 0 Å². The van der Waals surface area contributed by atoms with E-state index in [2.05, 4.69) is 0 Å². The number of halogens is 3. The van der Waals surface area contributed by atoms with Gasteiger partial charge in [0.05, 0.1) is 16.8 Å². The molecule has 0 bridgehead atoms. The first-order chi connectivity index (χ1) is 12.3. The normalized spacial score (nSPS) is 16.1. The lowest BCUT2D eigenvalue weighted by atomic mass is 10.1. The molecule has 5 nitrogen and oxygen atoms in total. The van der Waals surface area contributed by atoms with Crippen molar-refractivity contribution in [3.8, 4) is 0 Å². The Kier molecular flexibility index (Phi) is 3.40. The smallest absolute Gasteiger partial charge is 0.304 e. The van der Waals surface area contributed by atoms with Crippen molar-refractivity contribution in [3.63, 3.8) is 0 Å². The third kappa shape index (κ3) is 2.29. The quantitative estimate of drug-likeness (QED) is 0.735. The second kappa shape index (κ2) is 5.42. The number of carbonyl (C=O) groups excluding carboxylic acids is 3. The van der Waals surface area contributed by atoms with E-state index in [0.717, 1.165) is 4.90 Å². The number of carbonyl (C=O) groups is 3. The molecule has 2 aliphatic heterocycles. The van der Waals surface area contributed by atoms with E-state index in [1.54, 1.807) is 24.3 Å². The van der Waals surface area contributed by atoms with Crippen molar-refractivity contribution in [1.29, 1.82) is 0 Å². The highest BCUT2D eigenvalue weighted by molar-refractivity contribution is 6.34. The van der Waals surface area contributed by atoms with Crippen LogP contribution in [0.3, 0.4) is 0 Å². The van der Waals surface area contributed by atoms with E-state index in [0.29, 0.717) is 10.5 Å². The van der Waals surface area contributed by atoms with Gasteiger partial charge in [-0.25, -0.2) is 4.90 Å². The zero-order valence-electron chi connectivity index (χ0n) is 13.2. The van der Waals surface area contributed by atoms with Gasteiger partial charge in [0.2, 0.25) is 0 Å². The number of hydrogen-bond acceptors (Lipinski definition) is 3. The molecule has 2 aliphatic rings. The molecule has 4 rings (SSSR count). The van der Waals surface area contributed by atoms with Crippen LogP contribution < -0.4 is 9.80 Å². The Balaban J connectivity index is 1.69. The summed E-state index contributed by atoms with van der Waals surface area (Å²) in [5.74, 6) is -2.89. The number of benzene rings is 2. The number of nitrogens with zero attached hydrogens (tertiary/aromatic N) is 2. The van der Waals surface area contributed by atoms with Gasteiger partial charge >= 0.3 is 12.1 Å². The van der Waals surface area contributed by atoms with Crippen molar-refractivity contribution in [2.75, 3.05) is 16.3 Å². The summed E-state index contributed by atoms with van der Waals surface area (Å²) in [6.45, 7) is -0.0980. The number of imide groups is 1. The minimum absolute atomic E-state index is 0.0980. The van der Waals surface area contributed by atoms with E-state index in [4.69, 9.17) is 0 Å². The molecule has 0 atom stereocenters. The molecule has 0 saturated carbocycles. The van der Waals surface area contributed by atoms with Gasteiger partial charge in [0, 0.05) is 12.2 Å². The van der Waals surface area contributed by atoms with Gasteiger partial charge in [-0.05, 0) is 42.3 Å². The highest BCUT2D eigenvalue weighted by atomic mass is 19.4. The summed E-state index contributed by atoms with van der Waals surface area (Å²) in [6.07, 6.45) is -4.74. The molecule has 26 heavy (non-hydrogen) atoms. The van der Waals surface area contributed by atoms with Crippen LogP contribution in [0.1, 0.15) is 26.3 Å². The van der Waals surface area contributed by atoms with E-state index in [1.807, 2.05) is 0 Å². The predicted octanol–water partition coefficient (Wildman–Crippen LogP) is 2.94. The monoisotopic (exact) mass is 360 g/mol. The topological polar surface area (TPSA) is 57.7 Å². The summed E-state index contributed by atoms with van der Waals surface area (Å²) in [7, 11) is 0. The zero-order valence-corrected chi connectivity index (χ0v) is 13.2. The Bertz CT molecular complexity index is 933. The molecule has 0 radical (unpaired) electrons. The third-order valence-corrected chi connectivity index (χ3v) is 4.50. The first kappa shape index (κ1) is 16.3. The lowest BCUT2D eigenvalue weighted by molar-refractivity contribution is -0.170. The first-order valence-electron chi connectivity index (χ1n) is 7.78. The van der Waals surface area contributed by atoms with Crippen molar-refractivity contribution in [2.24, 2.45) is 0 Å². The van der Waals surface area contributed by atoms with Crippen LogP contribution in [0.15, 0.2) is 42.5 Å². The van der Waals surface area contributed by atoms with Gasteiger partial charge in [-0.15, -0.1) is 0 Å². The fourth-order valence-electron chi connectivity index (χ4n) is 3.31. The number of fused-ring (bicyclic) bond motifs is 2. The fourth-order valence-corrected chi connectivity index (χ4v) is 3.31. The molecule has 2 heterocycles. The molecule has 2 aromatic carbocycles. The summed E-state index contributed by atoms with van der Waals surface area (Å²) in [4.78, 5) is 38.2. The number of anilines is 2. The van der Waals surface area contributed by atoms with Crippen molar-refractivity contribution < 1.29 is 27.6 Å². The molecule has 0 aromatic heterocycles. The van der Waals surface area contributed by atoms with Gasteiger partial charge < -0.3 is 4.90 Å². The van der Waals surface area contributed by atoms with Crippen molar-refractivity contribution in [3.05, 3.63) is 59.2 Å². The van der Waals surface area contributed by atoms with Crippen LogP contribution in [0.5, 0.6) is 0 Å². The molecular formula is C18H11F3N2O3. The molecule has 0 spiro atoms. The Morgan fingerprint density at radius 1 is 0.962 bits per heavy atom. The molecule has 2 aromatic rings. The molecule has 0 fully saturated rings. The zero-order chi connectivity index (χ0) is 18.6. The molecule has 0 unspecified atom stereocenters. The second-order valence-corrected chi connectivity index (χ2v) is 6.01. The van der Waals surface area contributed by atoms with Gasteiger partial charge in [-0.3, -0.25) is 14.4 Å². The molecule has 132 valence electrons.